The Morgan fingerprint density at radius 3 is 2.73 bits per heavy atom. The van der Waals surface area contributed by atoms with Crippen molar-refractivity contribution in [1.29, 1.82) is 0 Å². The van der Waals surface area contributed by atoms with Crippen molar-refractivity contribution in [3.05, 3.63) is 52.6 Å². The maximum atomic E-state index is 12.8. The van der Waals surface area contributed by atoms with Crippen LogP contribution in [0.3, 0.4) is 0 Å². The molecule has 8 nitrogen and oxygen atoms in total. The van der Waals surface area contributed by atoms with Crippen molar-refractivity contribution in [2.75, 3.05) is 31.5 Å². The maximum absolute atomic E-state index is 12.8. The highest BCUT2D eigenvalue weighted by molar-refractivity contribution is 6.33. The van der Waals surface area contributed by atoms with Crippen LogP contribution in [0.1, 0.15) is 45.7 Å². The first-order chi connectivity index (χ1) is 14.5. The van der Waals surface area contributed by atoms with Crippen molar-refractivity contribution in [2.45, 2.75) is 25.8 Å². The summed E-state index contributed by atoms with van der Waals surface area (Å²) in [5, 5.41) is 6.11. The van der Waals surface area contributed by atoms with E-state index in [9.17, 15) is 9.59 Å². The Morgan fingerprint density at radius 1 is 1.20 bits per heavy atom. The molecule has 0 saturated carbocycles. The molecule has 158 valence electrons. The Labute approximate surface area is 180 Å². The van der Waals surface area contributed by atoms with Gasteiger partial charge in [-0.25, -0.2) is 4.98 Å². The number of aromatic nitrogens is 2. The number of primary amides is 1. The van der Waals surface area contributed by atoms with E-state index in [-0.39, 0.29) is 16.4 Å². The zero-order valence-electron chi connectivity index (χ0n) is 16.7. The number of carbonyl (C=O) groups is 2. The van der Waals surface area contributed by atoms with Crippen LogP contribution in [-0.4, -0.2) is 52.9 Å². The minimum atomic E-state index is -0.689. The predicted octanol–water partition coefficient (Wildman–Crippen LogP) is 2.06. The molecule has 9 heteroatoms. The molecule has 2 fully saturated rings. The molecule has 0 atom stereocenters. The number of anilines is 1. The van der Waals surface area contributed by atoms with Crippen LogP contribution in [0.5, 0.6) is 0 Å². The fraction of sp³-hybridized carbons (Fsp3) is 0.429. The van der Waals surface area contributed by atoms with E-state index in [4.69, 9.17) is 17.3 Å². The predicted molar refractivity (Wildman–Crippen MR) is 114 cm³/mol. The average Bonchev–Trinajstić information content (AvgIpc) is 3.11. The Hall–Kier alpha value is -2.55. The number of rotatable bonds is 5. The molecule has 2 aliphatic rings. The third kappa shape index (κ3) is 4.45. The summed E-state index contributed by atoms with van der Waals surface area (Å²) in [5.41, 5.74) is 7.29. The molecule has 0 aliphatic carbocycles. The number of hydrogen-bond donors (Lipinski definition) is 3. The maximum Gasteiger partial charge on any atom is 0.255 e. The number of nitrogens with two attached hydrogens (primary N) is 1. The normalized spacial score (nSPS) is 18.4. The summed E-state index contributed by atoms with van der Waals surface area (Å²) in [7, 11) is 0. The highest BCUT2D eigenvalue weighted by Gasteiger charge is 2.38. The van der Waals surface area contributed by atoms with E-state index in [1.807, 2.05) is 0 Å². The van der Waals surface area contributed by atoms with E-state index in [0.717, 1.165) is 31.9 Å². The summed E-state index contributed by atoms with van der Waals surface area (Å²) in [6.07, 6.45) is 6.64. The van der Waals surface area contributed by atoms with Crippen LogP contribution in [0.2, 0.25) is 5.15 Å². The SMILES string of the molecule is NC(=O)c1ccnc(Cl)c1NC(=O)c1ccnc(CN2CCC3(CCNCC3)C2)c1. The molecular weight excluding hydrogens is 404 g/mol. The lowest BCUT2D eigenvalue weighted by Crippen LogP contribution is -2.38. The van der Waals surface area contributed by atoms with E-state index < -0.39 is 11.8 Å². The molecule has 2 aromatic rings. The van der Waals surface area contributed by atoms with Gasteiger partial charge < -0.3 is 16.4 Å². The van der Waals surface area contributed by atoms with Crippen LogP contribution in [-0.2, 0) is 6.54 Å². The molecular formula is C21H25ClN6O2. The molecule has 0 radical (unpaired) electrons. The van der Waals surface area contributed by atoms with Crippen LogP contribution in [0.25, 0.3) is 0 Å². The fourth-order valence-electron chi connectivity index (χ4n) is 4.41. The van der Waals surface area contributed by atoms with Crippen LogP contribution < -0.4 is 16.4 Å². The highest BCUT2D eigenvalue weighted by atomic mass is 35.5. The second kappa shape index (κ2) is 8.67. The van der Waals surface area contributed by atoms with Gasteiger partial charge in [0.25, 0.3) is 11.8 Å². The lowest BCUT2D eigenvalue weighted by atomic mass is 9.78. The van der Waals surface area contributed by atoms with Crippen molar-refractivity contribution >= 4 is 29.1 Å². The number of hydrogen-bond acceptors (Lipinski definition) is 6. The van der Waals surface area contributed by atoms with Gasteiger partial charge in [0.05, 0.1) is 16.9 Å². The van der Waals surface area contributed by atoms with Crippen LogP contribution >= 0.6 is 11.6 Å². The van der Waals surface area contributed by atoms with Gasteiger partial charge in [-0.05, 0) is 62.5 Å². The van der Waals surface area contributed by atoms with Gasteiger partial charge in [0.2, 0.25) is 0 Å². The monoisotopic (exact) mass is 428 g/mol. The molecule has 30 heavy (non-hydrogen) atoms. The van der Waals surface area contributed by atoms with Gasteiger partial charge in [-0.15, -0.1) is 0 Å². The number of carbonyl (C=O) groups excluding carboxylic acids is 2. The third-order valence-electron chi connectivity index (χ3n) is 6.05. The van der Waals surface area contributed by atoms with Gasteiger partial charge in [0.15, 0.2) is 5.15 Å². The molecule has 2 amide bonds. The number of piperidine rings is 1. The first kappa shape index (κ1) is 20.7. The first-order valence-corrected chi connectivity index (χ1v) is 10.5. The molecule has 4 heterocycles. The number of nitrogens with one attached hydrogen (secondary N) is 2. The Morgan fingerprint density at radius 2 is 1.97 bits per heavy atom. The summed E-state index contributed by atoms with van der Waals surface area (Å²) in [4.78, 5) is 35.2. The largest absolute Gasteiger partial charge is 0.366 e. The molecule has 2 saturated heterocycles. The van der Waals surface area contributed by atoms with E-state index in [1.54, 1.807) is 18.3 Å². The lowest BCUT2D eigenvalue weighted by molar-refractivity contribution is 0.100. The lowest BCUT2D eigenvalue weighted by Gasteiger charge is -2.33. The number of amides is 2. The number of pyridine rings is 2. The summed E-state index contributed by atoms with van der Waals surface area (Å²) in [6, 6.07) is 4.83. The standard InChI is InChI=1S/C21H25ClN6O2/c22-18-17(16(19(23)29)2-7-26-18)27-20(30)14-1-6-25-15(11-14)12-28-10-5-21(13-28)3-8-24-9-4-21/h1-2,6-7,11,24H,3-5,8-10,12-13H2,(H2,23,29)(H,27,30). The smallest absolute Gasteiger partial charge is 0.255 e. The molecule has 0 unspecified atom stereocenters. The van der Waals surface area contributed by atoms with E-state index >= 15 is 0 Å². The molecule has 4 rings (SSSR count). The van der Waals surface area contributed by atoms with Crippen molar-refractivity contribution < 1.29 is 9.59 Å². The summed E-state index contributed by atoms with van der Waals surface area (Å²) in [6.45, 7) is 5.00. The molecule has 0 bridgehead atoms. The van der Waals surface area contributed by atoms with Crippen LogP contribution in [0.15, 0.2) is 30.6 Å². The molecule has 4 N–H and O–H groups in total. The van der Waals surface area contributed by atoms with E-state index in [2.05, 4.69) is 25.5 Å². The second-order valence-corrected chi connectivity index (χ2v) is 8.45. The van der Waals surface area contributed by atoms with Gasteiger partial charge in [-0.1, -0.05) is 11.6 Å². The van der Waals surface area contributed by atoms with Gasteiger partial charge in [-0.3, -0.25) is 19.5 Å². The molecule has 0 aromatic carbocycles. The van der Waals surface area contributed by atoms with Gasteiger partial charge in [0.1, 0.15) is 0 Å². The third-order valence-corrected chi connectivity index (χ3v) is 6.34. The fourth-order valence-corrected chi connectivity index (χ4v) is 4.61. The van der Waals surface area contributed by atoms with Crippen LogP contribution in [0, 0.1) is 5.41 Å². The topological polar surface area (TPSA) is 113 Å². The average molecular weight is 429 g/mol. The highest BCUT2D eigenvalue weighted by Crippen LogP contribution is 2.38. The summed E-state index contributed by atoms with van der Waals surface area (Å²) < 4.78 is 0. The molecule has 2 aliphatic heterocycles. The van der Waals surface area contributed by atoms with Crippen molar-refractivity contribution in [1.82, 2.24) is 20.2 Å². The van der Waals surface area contributed by atoms with E-state index in [0.29, 0.717) is 17.5 Å². The Bertz CT molecular complexity index is 960. The summed E-state index contributed by atoms with van der Waals surface area (Å²) >= 11 is 6.06. The zero-order chi connectivity index (χ0) is 21.1. The molecule has 1 spiro atoms. The second-order valence-electron chi connectivity index (χ2n) is 8.09. The van der Waals surface area contributed by atoms with Crippen LogP contribution in [0.4, 0.5) is 5.69 Å². The Balaban J connectivity index is 1.45. The van der Waals surface area contributed by atoms with E-state index in [1.165, 1.54) is 31.5 Å². The number of likely N-dealkylation sites (tertiary alicyclic amines) is 1. The minimum absolute atomic E-state index is 0.0123. The zero-order valence-corrected chi connectivity index (χ0v) is 17.4. The Kier molecular flexibility index (Phi) is 5.99. The quantitative estimate of drug-likeness (QED) is 0.628. The summed E-state index contributed by atoms with van der Waals surface area (Å²) in [5.74, 6) is -1.09. The minimum Gasteiger partial charge on any atom is -0.366 e. The van der Waals surface area contributed by atoms with Crippen molar-refractivity contribution in [3.63, 3.8) is 0 Å². The number of nitrogens with zero attached hydrogens (tertiary/aromatic N) is 3. The first-order valence-electron chi connectivity index (χ1n) is 10.1. The molecule has 2 aromatic heterocycles. The van der Waals surface area contributed by atoms with Crippen molar-refractivity contribution in [3.8, 4) is 0 Å². The number of halogens is 1. The van der Waals surface area contributed by atoms with Gasteiger partial charge in [-0.2, -0.15) is 0 Å². The van der Waals surface area contributed by atoms with Gasteiger partial charge >= 0.3 is 0 Å². The van der Waals surface area contributed by atoms with Gasteiger partial charge in [0, 0.05) is 31.0 Å². The van der Waals surface area contributed by atoms with Crippen molar-refractivity contribution in [2.24, 2.45) is 11.1 Å².